The van der Waals surface area contributed by atoms with Crippen molar-refractivity contribution in [2.75, 3.05) is 6.61 Å². The number of ether oxygens (including phenoxy) is 1. The third-order valence-corrected chi connectivity index (χ3v) is 4.66. The molecule has 2 heterocycles. The Bertz CT molecular complexity index is 944. The molecule has 1 aliphatic rings. The van der Waals surface area contributed by atoms with Crippen molar-refractivity contribution in [1.82, 2.24) is 14.8 Å². The van der Waals surface area contributed by atoms with Crippen molar-refractivity contribution >= 4 is 28.9 Å². The number of nitrogens with zero attached hydrogens (tertiary/aromatic N) is 4. The lowest BCUT2D eigenvalue weighted by Crippen LogP contribution is -2.30. The summed E-state index contributed by atoms with van der Waals surface area (Å²) in [6.45, 7) is 0.649. The summed E-state index contributed by atoms with van der Waals surface area (Å²) in [5.74, 6) is 0.767. The van der Waals surface area contributed by atoms with E-state index in [0.29, 0.717) is 16.7 Å². The zero-order valence-corrected chi connectivity index (χ0v) is 15.1. The van der Waals surface area contributed by atoms with Gasteiger partial charge in [-0.3, -0.25) is 0 Å². The number of hydrogen-bond donors (Lipinski definition) is 0. The minimum Gasteiger partial charge on any atom is -0.490 e. The number of rotatable bonds is 4. The molecule has 0 radical (unpaired) electrons. The second-order valence-corrected chi connectivity index (χ2v) is 6.56. The van der Waals surface area contributed by atoms with E-state index in [4.69, 9.17) is 32.8 Å². The molecule has 3 aromatic rings. The van der Waals surface area contributed by atoms with Gasteiger partial charge in [-0.05, 0) is 24.3 Å². The van der Waals surface area contributed by atoms with Crippen LogP contribution in [0.25, 0.3) is 0 Å². The van der Waals surface area contributed by atoms with Crippen LogP contribution in [0.1, 0.15) is 17.2 Å². The van der Waals surface area contributed by atoms with Crippen LogP contribution in [-0.2, 0) is 11.4 Å². The first-order chi connectivity index (χ1) is 12.7. The summed E-state index contributed by atoms with van der Waals surface area (Å²) in [6, 6.07) is 12.8. The molecule has 0 bridgehead atoms. The molecule has 2 aromatic carbocycles. The molecule has 0 fully saturated rings. The summed E-state index contributed by atoms with van der Waals surface area (Å²) in [6.07, 6.45) is 3.26. The number of oxime groups is 1. The van der Waals surface area contributed by atoms with Crippen LogP contribution in [0.15, 0.2) is 60.3 Å². The Morgan fingerprint density at radius 2 is 1.96 bits per heavy atom. The molecule has 1 aromatic heterocycles. The van der Waals surface area contributed by atoms with E-state index in [9.17, 15) is 0 Å². The average molecular weight is 389 g/mol. The first-order valence-electron chi connectivity index (χ1n) is 7.92. The molecule has 0 aliphatic carbocycles. The summed E-state index contributed by atoms with van der Waals surface area (Å²) < 4.78 is 7.68. The molecule has 1 atom stereocenters. The van der Waals surface area contributed by atoms with Crippen molar-refractivity contribution in [2.45, 2.75) is 12.6 Å². The van der Waals surface area contributed by atoms with Gasteiger partial charge in [-0.25, -0.2) is 0 Å². The molecule has 0 spiro atoms. The fourth-order valence-corrected chi connectivity index (χ4v) is 3.21. The van der Waals surface area contributed by atoms with E-state index < -0.39 is 0 Å². The predicted octanol–water partition coefficient (Wildman–Crippen LogP) is 4.14. The van der Waals surface area contributed by atoms with Gasteiger partial charge in [-0.2, -0.15) is 0 Å². The van der Waals surface area contributed by atoms with Gasteiger partial charge < -0.3 is 14.1 Å². The highest BCUT2D eigenvalue weighted by atomic mass is 35.5. The minimum absolute atomic E-state index is 0.180. The summed E-state index contributed by atoms with van der Waals surface area (Å²) in [7, 11) is 0. The molecule has 0 amide bonds. The van der Waals surface area contributed by atoms with Crippen molar-refractivity contribution in [3.63, 3.8) is 0 Å². The number of benzene rings is 2. The van der Waals surface area contributed by atoms with E-state index in [0.717, 1.165) is 22.6 Å². The van der Waals surface area contributed by atoms with Gasteiger partial charge in [0.15, 0.2) is 0 Å². The molecule has 132 valence electrons. The van der Waals surface area contributed by atoms with Crippen molar-refractivity contribution in [2.24, 2.45) is 5.16 Å². The Labute approximate surface area is 160 Å². The molecule has 0 saturated carbocycles. The molecule has 1 unspecified atom stereocenters. The first kappa shape index (κ1) is 16.9. The molecule has 6 nitrogen and oxygen atoms in total. The summed E-state index contributed by atoms with van der Waals surface area (Å²) in [4.78, 5) is 5.62. The standard InChI is InChI=1S/C18H14Cl2N4O2/c19-13-6-5-12(15(20)7-13)8-26-23-18-14-3-1-2-4-17(14)25-9-16(18)24-10-21-22-11-24/h1-7,10-11,16H,8-9H2/b23-18-. The normalized spacial score (nSPS) is 17.6. The van der Waals surface area contributed by atoms with Gasteiger partial charge >= 0.3 is 0 Å². The lowest BCUT2D eigenvalue weighted by atomic mass is 10.00. The zero-order valence-electron chi connectivity index (χ0n) is 13.5. The Morgan fingerprint density at radius 1 is 1.15 bits per heavy atom. The molecule has 1 aliphatic heterocycles. The van der Waals surface area contributed by atoms with E-state index >= 15 is 0 Å². The molecular formula is C18H14Cl2N4O2. The van der Waals surface area contributed by atoms with Gasteiger partial charge in [0.2, 0.25) is 0 Å². The summed E-state index contributed by atoms with van der Waals surface area (Å²) in [5.41, 5.74) is 2.43. The quantitative estimate of drug-likeness (QED) is 0.630. The van der Waals surface area contributed by atoms with Crippen molar-refractivity contribution in [3.8, 4) is 5.75 Å². The van der Waals surface area contributed by atoms with Gasteiger partial charge in [0.1, 0.15) is 43.4 Å². The van der Waals surface area contributed by atoms with Crippen LogP contribution in [0.2, 0.25) is 10.0 Å². The molecule has 0 saturated heterocycles. The topological polar surface area (TPSA) is 61.5 Å². The van der Waals surface area contributed by atoms with Crippen LogP contribution in [-0.4, -0.2) is 27.1 Å². The SMILES string of the molecule is Clc1ccc(CO/N=C2/c3ccccc3OCC2n2cnnc2)c(Cl)c1. The second-order valence-electron chi connectivity index (χ2n) is 5.72. The smallest absolute Gasteiger partial charge is 0.143 e. The summed E-state index contributed by atoms with van der Waals surface area (Å²) in [5, 5.41) is 13.2. The maximum atomic E-state index is 6.19. The largest absolute Gasteiger partial charge is 0.490 e. The number of fused-ring (bicyclic) bond motifs is 1. The highest BCUT2D eigenvalue weighted by molar-refractivity contribution is 6.35. The predicted molar refractivity (Wildman–Crippen MR) is 98.8 cm³/mol. The van der Waals surface area contributed by atoms with Gasteiger partial charge in [0.05, 0.1) is 0 Å². The number of aromatic nitrogens is 3. The number of halogens is 2. The maximum Gasteiger partial charge on any atom is 0.143 e. The minimum atomic E-state index is -0.180. The number of hydrogen-bond acceptors (Lipinski definition) is 5. The highest BCUT2D eigenvalue weighted by Crippen LogP contribution is 2.30. The average Bonchev–Trinajstić information content (AvgIpc) is 3.18. The molecule has 4 rings (SSSR count). The fraction of sp³-hybridized carbons (Fsp3) is 0.167. The number of para-hydroxylation sites is 1. The van der Waals surface area contributed by atoms with Gasteiger partial charge in [0, 0.05) is 21.2 Å². The third kappa shape index (κ3) is 3.38. The van der Waals surface area contributed by atoms with E-state index in [1.807, 2.05) is 34.9 Å². The Kier molecular flexibility index (Phi) is 4.77. The third-order valence-electron chi connectivity index (χ3n) is 4.07. The monoisotopic (exact) mass is 388 g/mol. The molecule has 8 heteroatoms. The molecular weight excluding hydrogens is 375 g/mol. The van der Waals surface area contributed by atoms with Crippen LogP contribution in [0, 0.1) is 0 Å². The van der Waals surface area contributed by atoms with Crippen molar-refractivity contribution in [3.05, 3.63) is 76.3 Å². The Morgan fingerprint density at radius 3 is 2.77 bits per heavy atom. The van der Waals surface area contributed by atoms with Gasteiger partial charge in [-0.1, -0.05) is 46.6 Å². The van der Waals surface area contributed by atoms with Crippen molar-refractivity contribution in [1.29, 1.82) is 0 Å². The Balaban J connectivity index is 1.62. The van der Waals surface area contributed by atoms with Crippen LogP contribution in [0.4, 0.5) is 0 Å². The van der Waals surface area contributed by atoms with E-state index in [-0.39, 0.29) is 12.6 Å². The van der Waals surface area contributed by atoms with Crippen LogP contribution in [0.5, 0.6) is 5.75 Å². The Hall–Kier alpha value is -2.57. The van der Waals surface area contributed by atoms with Gasteiger partial charge in [0.25, 0.3) is 0 Å². The van der Waals surface area contributed by atoms with Crippen LogP contribution in [0.3, 0.4) is 0 Å². The lowest BCUT2D eigenvalue weighted by Gasteiger charge is -2.27. The van der Waals surface area contributed by atoms with E-state index in [2.05, 4.69) is 15.4 Å². The fourth-order valence-electron chi connectivity index (χ4n) is 2.75. The summed E-state index contributed by atoms with van der Waals surface area (Å²) >= 11 is 12.1. The first-order valence-corrected chi connectivity index (χ1v) is 8.68. The molecule has 26 heavy (non-hydrogen) atoms. The maximum absolute atomic E-state index is 6.19. The van der Waals surface area contributed by atoms with Crippen LogP contribution < -0.4 is 4.74 Å². The molecule has 0 N–H and O–H groups in total. The van der Waals surface area contributed by atoms with E-state index in [1.54, 1.807) is 24.8 Å². The van der Waals surface area contributed by atoms with Gasteiger partial charge in [-0.15, -0.1) is 10.2 Å². The van der Waals surface area contributed by atoms with Crippen LogP contribution >= 0.6 is 23.2 Å². The second kappa shape index (κ2) is 7.35. The van der Waals surface area contributed by atoms with Crippen molar-refractivity contribution < 1.29 is 9.57 Å². The highest BCUT2D eigenvalue weighted by Gasteiger charge is 2.29. The lowest BCUT2D eigenvalue weighted by molar-refractivity contribution is 0.127. The zero-order chi connectivity index (χ0) is 17.9. The van der Waals surface area contributed by atoms with E-state index in [1.165, 1.54) is 0 Å².